The predicted molar refractivity (Wildman–Crippen MR) is 96.7 cm³/mol. The van der Waals surface area contributed by atoms with E-state index >= 15 is 0 Å². The summed E-state index contributed by atoms with van der Waals surface area (Å²) in [4.78, 5) is 0. The number of halogens is 1. The minimum Gasteiger partial charge on any atom is -0.495 e. The maximum Gasteiger partial charge on any atom is 0.175 e. The van der Waals surface area contributed by atoms with E-state index in [2.05, 4.69) is 33.2 Å². The first kappa shape index (κ1) is 15.1. The lowest BCUT2D eigenvalue weighted by Crippen LogP contribution is -2.20. The molecule has 2 rings (SSSR count). The lowest BCUT2D eigenvalue weighted by Gasteiger charge is -2.14. The first-order chi connectivity index (χ1) is 9.60. The zero-order valence-electron chi connectivity index (χ0n) is 11.2. The zero-order valence-corrected chi connectivity index (χ0v) is 14.2. The Kier molecular flexibility index (Phi) is 5.19. The van der Waals surface area contributed by atoms with Crippen LogP contribution in [0.25, 0.3) is 0 Å². The van der Waals surface area contributed by atoms with Crippen LogP contribution >= 0.6 is 34.8 Å². The Morgan fingerprint density at radius 3 is 2.50 bits per heavy atom. The standard InChI is InChI=1S/C15H15IN2OS/c1-10-7-8-14(19-2)13(9-10)18-15(20)17-12-6-4-3-5-11(12)16/h3-9H,1-2H3,(H2,17,18,20). The molecule has 2 N–H and O–H groups in total. The number of rotatable bonds is 3. The van der Waals surface area contributed by atoms with Crippen molar-refractivity contribution < 1.29 is 4.74 Å². The largest absolute Gasteiger partial charge is 0.495 e. The van der Waals surface area contributed by atoms with E-state index < -0.39 is 0 Å². The molecule has 2 aromatic rings. The maximum atomic E-state index is 5.35. The average molecular weight is 398 g/mol. The van der Waals surface area contributed by atoms with Crippen LogP contribution in [0, 0.1) is 10.5 Å². The minimum atomic E-state index is 0.540. The van der Waals surface area contributed by atoms with Gasteiger partial charge in [0.1, 0.15) is 5.75 Å². The second kappa shape index (κ2) is 6.90. The normalized spacial score (nSPS) is 9.95. The molecule has 0 aliphatic heterocycles. The number of nitrogens with one attached hydrogen (secondary N) is 2. The number of anilines is 2. The van der Waals surface area contributed by atoms with Crippen LogP contribution in [-0.4, -0.2) is 12.2 Å². The maximum absolute atomic E-state index is 5.35. The molecule has 0 saturated heterocycles. The van der Waals surface area contributed by atoms with Gasteiger partial charge < -0.3 is 15.4 Å². The van der Waals surface area contributed by atoms with Gasteiger partial charge in [0.05, 0.1) is 18.5 Å². The van der Waals surface area contributed by atoms with Gasteiger partial charge in [-0.05, 0) is 71.6 Å². The molecule has 0 aromatic heterocycles. The van der Waals surface area contributed by atoms with E-state index in [4.69, 9.17) is 17.0 Å². The molecular formula is C15H15IN2OS. The molecule has 20 heavy (non-hydrogen) atoms. The van der Waals surface area contributed by atoms with Crippen LogP contribution in [-0.2, 0) is 0 Å². The fourth-order valence-electron chi connectivity index (χ4n) is 1.76. The van der Waals surface area contributed by atoms with Gasteiger partial charge >= 0.3 is 0 Å². The smallest absolute Gasteiger partial charge is 0.175 e. The van der Waals surface area contributed by atoms with E-state index in [0.717, 1.165) is 26.3 Å². The van der Waals surface area contributed by atoms with Gasteiger partial charge in [-0.3, -0.25) is 0 Å². The van der Waals surface area contributed by atoms with Gasteiger partial charge in [0.15, 0.2) is 5.11 Å². The summed E-state index contributed by atoms with van der Waals surface area (Å²) in [6, 6.07) is 13.9. The summed E-state index contributed by atoms with van der Waals surface area (Å²) in [5, 5.41) is 6.90. The molecule has 0 unspecified atom stereocenters. The molecule has 0 heterocycles. The number of hydrogen-bond donors (Lipinski definition) is 2. The highest BCUT2D eigenvalue weighted by Crippen LogP contribution is 2.25. The summed E-state index contributed by atoms with van der Waals surface area (Å²) >= 11 is 7.62. The van der Waals surface area contributed by atoms with Crippen LogP contribution in [0.2, 0.25) is 0 Å². The van der Waals surface area contributed by atoms with Crippen molar-refractivity contribution in [3.05, 3.63) is 51.6 Å². The van der Waals surface area contributed by atoms with Gasteiger partial charge in [0.2, 0.25) is 0 Å². The topological polar surface area (TPSA) is 33.3 Å². The number of ether oxygens (including phenoxy) is 1. The van der Waals surface area contributed by atoms with Crippen molar-refractivity contribution in [2.24, 2.45) is 0 Å². The molecule has 0 radical (unpaired) electrons. The molecule has 0 bridgehead atoms. The number of methoxy groups -OCH3 is 1. The Morgan fingerprint density at radius 1 is 1.10 bits per heavy atom. The molecule has 0 spiro atoms. The van der Waals surface area contributed by atoms with E-state index in [-0.39, 0.29) is 0 Å². The number of aryl methyl sites for hydroxylation is 1. The van der Waals surface area contributed by atoms with Gasteiger partial charge in [-0.2, -0.15) is 0 Å². The molecule has 104 valence electrons. The monoisotopic (exact) mass is 398 g/mol. The second-order valence-electron chi connectivity index (χ2n) is 4.26. The first-order valence-corrected chi connectivity index (χ1v) is 7.56. The molecule has 0 atom stereocenters. The highest BCUT2D eigenvalue weighted by atomic mass is 127. The van der Waals surface area contributed by atoms with Crippen molar-refractivity contribution in [3.8, 4) is 5.75 Å². The van der Waals surface area contributed by atoms with E-state index in [9.17, 15) is 0 Å². The molecular weight excluding hydrogens is 383 g/mol. The van der Waals surface area contributed by atoms with Gasteiger partial charge in [0, 0.05) is 3.57 Å². The summed E-state index contributed by atoms with van der Waals surface area (Å²) in [5.74, 6) is 0.766. The molecule has 0 saturated carbocycles. The number of para-hydroxylation sites is 1. The summed E-state index contributed by atoms with van der Waals surface area (Å²) in [6.45, 7) is 2.03. The fourth-order valence-corrected chi connectivity index (χ4v) is 2.50. The third-order valence-corrected chi connectivity index (χ3v) is 3.87. The Bertz CT molecular complexity index is 631. The number of thiocarbonyl (C=S) groups is 1. The quantitative estimate of drug-likeness (QED) is 0.593. The molecule has 3 nitrogen and oxygen atoms in total. The van der Waals surface area contributed by atoms with Crippen LogP contribution < -0.4 is 15.4 Å². The lowest BCUT2D eigenvalue weighted by molar-refractivity contribution is 0.417. The average Bonchev–Trinajstić information content (AvgIpc) is 2.41. The van der Waals surface area contributed by atoms with Crippen molar-refractivity contribution in [2.75, 3.05) is 17.7 Å². The van der Waals surface area contributed by atoms with Crippen LogP contribution in [0.15, 0.2) is 42.5 Å². The third kappa shape index (κ3) is 3.83. The molecule has 0 aliphatic rings. The van der Waals surface area contributed by atoms with Crippen LogP contribution in [0.4, 0.5) is 11.4 Å². The van der Waals surface area contributed by atoms with E-state index in [1.165, 1.54) is 0 Å². The van der Waals surface area contributed by atoms with Crippen molar-refractivity contribution in [2.45, 2.75) is 6.92 Å². The summed E-state index contributed by atoms with van der Waals surface area (Å²) in [6.07, 6.45) is 0. The van der Waals surface area contributed by atoms with Crippen LogP contribution in [0.3, 0.4) is 0 Å². The first-order valence-electron chi connectivity index (χ1n) is 6.07. The van der Waals surface area contributed by atoms with Crippen molar-refractivity contribution in [3.63, 3.8) is 0 Å². The van der Waals surface area contributed by atoms with E-state index in [0.29, 0.717) is 5.11 Å². The van der Waals surface area contributed by atoms with Gasteiger partial charge in [-0.15, -0.1) is 0 Å². The van der Waals surface area contributed by atoms with Gasteiger partial charge in [-0.25, -0.2) is 0 Å². The van der Waals surface area contributed by atoms with Crippen molar-refractivity contribution in [1.29, 1.82) is 0 Å². The number of hydrogen-bond acceptors (Lipinski definition) is 2. The van der Waals surface area contributed by atoms with Crippen LogP contribution in [0.1, 0.15) is 5.56 Å². The third-order valence-electron chi connectivity index (χ3n) is 2.73. The van der Waals surface area contributed by atoms with Gasteiger partial charge in [-0.1, -0.05) is 18.2 Å². The zero-order chi connectivity index (χ0) is 14.5. The molecule has 5 heteroatoms. The second-order valence-corrected chi connectivity index (χ2v) is 5.83. The molecule has 0 amide bonds. The van der Waals surface area contributed by atoms with E-state index in [1.807, 2.05) is 49.4 Å². The molecule has 0 aliphatic carbocycles. The minimum absolute atomic E-state index is 0.540. The lowest BCUT2D eigenvalue weighted by atomic mass is 10.2. The highest BCUT2D eigenvalue weighted by molar-refractivity contribution is 14.1. The molecule has 2 aromatic carbocycles. The van der Waals surface area contributed by atoms with Crippen molar-refractivity contribution >= 4 is 51.3 Å². The Labute approximate surface area is 137 Å². The predicted octanol–water partition coefficient (Wildman–Crippen LogP) is 4.42. The fraction of sp³-hybridized carbons (Fsp3) is 0.133. The summed E-state index contributed by atoms with van der Waals surface area (Å²) in [5.41, 5.74) is 2.98. The SMILES string of the molecule is COc1ccc(C)cc1NC(=S)Nc1ccccc1I. The van der Waals surface area contributed by atoms with E-state index in [1.54, 1.807) is 7.11 Å². The summed E-state index contributed by atoms with van der Waals surface area (Å²) < 4.78 is 6.44. The Balaban J connectivity index is 2.12. The number of benzene rings is 2. The Hall–Kier alpha value is -1.34. The van der Waals surface area contributed by atoms with Gasteiger partial charge in [0.25, 0.3) is 0 Å². The highest BCUT2D eigenvalue weighted by Gasteiger charge is 2.06. The van der Waals surface area contributed by atoms with Crippen molar-refractivity contribution in [1.82, 2.24) is 0 Å². The summed E-state index contributed by atoms with van der Waals surface area (Å²) in [7, 11) is 1.65. The van der Waals surface area contributed by atoms with Crippen LogP contribution in [0.5, 0.6) is 5.75 Å². The Morgan fingerprint density at radius 2 is 1.80 bits per heavy atom. The molecule has 0 fully saturated rings.